The summed E-state index contributed by atoms with van der Waals surface area (Å²) < 4.78 is 16.5. The van der Waals surface area contributed by atoms with Crippen molar-refractivity contribution in [2.45, 2.75) is 0 Å². The van der Waals surface area contributed by atoms with Crippen molar-refractivity contribution in [3.63, 3.8) is 0 Å². The molecule has 0 rings (SSSR count). The van der Waals surface area contributed by atoms with Crippen molar-refractivity contribution >= 4 is 19.2 Å². The minimum absolute atomic E-state index is 0.442. The first-order valence-corrected chi connectivity index (χ1v) is 11.1. The van der Waals surface area contributed by atoms with Crippen LogP contribution in [0.5, 0.6) is 0 Å². The molecule has 0 aromatic rings. The molecule has 0 fully saturated rings. The van der Waals surface area contributed by atoms with Crippen LogP contribution in [0.1, 0.15) is 0 Å². The zero-order valence-corrected chi connectivity index (χ0v) is 11.8. The Balaban J connectivity index is 4.07. The molecule has 3 nitrogen and oxygen atoms in total. The van der Waals surface area contributed by atoms with Crippen LogP contribution in [0.2, 0.25) is 0 Å². The van der Waals surface area contributed by atoms with Gasteiger partial charge in [0, 0.05) is 0 Å². The topological polar surface area (TPSA) is 27.7 Å². The fourth-order valence-electron chi connectivity index (χ4n) is 0.600. The third kappa shape index (κ3) is 6.92. The van der Waals surface area contributed by atoms with Gasteiger partial charge in [0.15, 0.2) is 0 Å². The third-order valence-corrected chi connectivity index (χ3v) is 7.37. The van der Waals surface area contributed by atoms with E-state index in [1.54, 1.807) is 18.2 Å². The maximum absolute atomic E-state index is 5.50. The summed E-state index contributed by atoms with van der Waals surface area (Å²) in [6.45, 7) is 12.0. The molecule has 0 bridgehead atoms. The molecule has 0 aliphatic rings. The van der Waals surface area contributed by atoms with Crippen LogP contribution in [-0.2, 0) is 24.0 Å². The van der Waals surface area contributed by atoms with Gasteiger partial charge in [-0.25, -0.2) is 0 Å². The Hall–Kier alpha value is 0.544. The molecule has 0 aliphatic heterocycles. The summed E-state index contributed by atoms with van der Waals surface area (Å²) in [5.41, 5.74) is 0. The van der Waals surface area contributed by atoms with Crippen molar-refractivity contribution in [2.75, 3.05) is 19.8 Å². The van der Waals surface area contributed by atoms with E-state index in [9.17, 15) is 0 Å². The molecule has 14 heavy (non-hydrogen) atoms. The predicted molar refractivity (Wildman–Crippen MR) is 62.5 cm³/mol. The van der Waals surface area contributed by atoms with E-state index < -0.39 is 14.0 Å². The first kappa shape index (κ1) is 14.5. The number of rotatable bonds is 9. The summed E-state index contributed by atoms with van der Waals surface area (Å²) in [5.74, 6) is 0. The Morgan fingerprint density at radius 3 is 1.36 bits per heavy atom. The quantitative estimate of drug-likeness (QED) is 0.365. The predicted octanol–water partition coefficient (Wildman–Crippen LogP) is 2.84. The molecule has 0 unspecified atom stereocenters. The number of hydrogen-bond acceptors (Lipinski definition) is 3. The van der Waals surface area contributed by atoms with Gasteiger partial charge in [0.1, 0.15) is 0 Å². The Labute approximate surface area is 100 Å². The Morgan fingerprint density at radius 1 is 0.857 bits per heavy atom. The van der Waals surface area contributed by atoms with E-state index in [0.717, 1.165) is 0 Å². The van der Waals surface area contributed by atoms with Crippen molar-refractivity contribution in [3.8, 4) is 0 Å². The summed E-state index contributed by atoms with van der Waals surface area (Å²) >= 11 is -0.947. The molecule has 0 heterocycles. The van der Waals surface area contributed by atoms with Gasteiger partial charge in [-0.1, -0.05) is 0 Å². The molecule has 5 heteroatoms. The molecule has 0 atom stereocenters. The third-order valence-electron chi connectivity index (χ3n) is 1.12. The van der Waals surface area contributed by atoms with E-state index in [2.05, 4.69) is 38.9 Å². The molecule has 0 saturated heterocycles. The Bertz CT molecular complexity index is 165. The second-order valence-corrected chi connectivity index (χ2v) is 10.6. The van der Waals surface area contributed by atoms with Crippen molar-refractivity contribution in [2.24, 2.45) is 0 Å². The molecule has 80 valence electrons. The van der Waals surface area contributed by atoms with Crippen LogP contribution in [0.4, 0.5) is 0 Å². The molecular weight excluding hydrogens is 331 g/mol. The van der Waals surface area contributed by atoms with Gasteiger partial charge in [-0.2, -0.15) is 0 Å². The van der Waals surface area contributed by atoms with Gasteiger partial charge in [0.25, 0.3) is 0 Å². The van der Waals surface area contributed by atoms with Crippen LogP contribution in [0.15, 0.2) is 38.0 Å². The maximum atomic E-state index is 5.50. The van der Waals surface area contributed by atoms with Gasteiger partial charge in [-0.05, 0) is 0 Å². The Kier molecular flexibility index (Phi) is 9.16. The van der Waals surface area contributed by atoms with E-state index >= 15 is 0 Å². The molecule has 0 radical (unpaired) electrons. The summed E-state index contributed by atoms with van der Waals surface area (Å²) in [4.78, 5) is 0. The average molecular weight is 346 g/mol. The fourth-order valence-corrected chi connectivity index (χ4v) is 4.70. The molecule has 0 N–H and O–H groups in total. The molecule has 0 saturated carbocycles. The van der Waals surface area contributed by atoms with Crippen molar-refractivity contribution in [3.05, 3.63) is 38.0 Å². The van der Waals surface area contributed by atoms with Gasteiger partial charge >= 0.3 is 101 Å². The van der Waals surface area contributed by atoms with E-state index in [1.165, 1.54) is 0 Å². The van der Waals surface area contributed by atoms with E-state index in [0.29, 0.717) is 19.8 Å². The van der Waals surface area contributed by atoms with Gasteiger partial charge < -0.3 is 0 Å². The Morgan fingerprint density at radius 2 is 1.14 bits per heavy atom. The van der Waals surface area contributed by atoms with Gasteiger partial charge in [-0.15, -0.1) is 0 Å². The fraction of sp³-hybridized carbons (Fsp3) is 0.333. The average Bonchev–Trinajstić information content (AvgIpc) is 2.21. The van der Waals surface area contributed by atoms with Crippen LogP contribution < -0.4 is 0 Å². The number of hydrogen-bond donors (Lipinski definition) is 0. The molecule has 0 amide bonds. The van der Waals surface area contributed by atoms with Gasteiger partial charge in [0.05, 0.1) is 0 Å². The summed E-state index contributed by atoms with van der Waals surface area (Å²) in [6.07, 6.45) is 5.02. The van der Waals surface area contributed by atoms with E-state index in [4.69, 9.17) is 9.96 Å². The van der Waals surface area contributed by atoms with Crippen LogP contribution >= 0.6 is 19.2 Å². The minimum atomic E-state index is -3.07. The van der Waals surface area contributed by atoms with Crippen LogP contribution in [0.25, 0.3) is 0 Å². The van der Waals surface area contributed by atoms with E-state index in [-0.39, 0.29) is 0 Å². The SMILES string of the molecule is C=CC[O][Ti]([I])([O]CC=C)[O]CC=C. The monoisotopic (exact) mass is 346 g/mol. The summed E-state index contributed by atoms with van der Waals surface area (Å²) in [6, 6.07) is 0. The zero-order valence-electron chi connectivity index (χ0n) is 8.08. The summed E-state index contributed by atoms with van der Waals surface area (Å²) in [5, 5.41) is 0. The second-order valence-electron chi connectivity index (χ2n) is 2.28. The van der Waals surface area contributed by atoms with Crippen LogP contribution in [-0.4, -0.2) is 19.8 Å². The number of halogens is 1. The van der Waals surface area contributed by atoms with Crippen LogP contribution in [0.3, 0.4) is 0 Å². The normalized spacial score (nSPS) is 10.9. The second kappa shape index (κ2) is 8.82. The standard InChI is InChI=1S/3C3H5O.HI.Ti/c3*1-2-3-4;;/h3*2H,1,3H2;1H;/q3*-1;;+4/p-1. The first-order chi connectivity index (χ1) is 6.68. The van der Waals surface area contributed by atoms with Gasteiger partial charge in [0.2, 0.25) is 0 Å². The molecular formula is C9H15IO3Ti. The summed E-state index contributed by atoms with van der Waals surface area (Å²) in [7, 11) is 0. The van der Waals surface area contributed by atoms with Crippen LogP contribution in [0, 0.1) is 0 Å². The molecule has 0 aromatic heterocycles. The molecule has 0 aromatic carbocycles. The molecule has 0 spiro atoms. The molecule has 0 aliphatic carbocycles. The van der Waals surface area contributed by atoms with Crippen molar-refractivity contribution in [1.82, 2.24) is 0 Å². The van der Waals surface area contributed by atoms with Gasteiger partial charge in [-0.3, -0.25) is 0 Å². The van der Waals surface area contributed by atoms with Crippen molar-refractivity contribution < 1.29 is 24.0 Å². The zero-order chi connectivity index (χ0) is 10.9. The van der Waals surface area contributed by atoms with E-state index in [1.807, 2.05) is 0 Å². The first-order valence-electron chi connectivity index (χ1n) is 4.12. The van der Waals surface area contributed by atoms with Crippen molar-refractivity contribution in [1.29, 1.82) is 0 Å².